The van der Waals surface area contributed by atoms with Crippen LogP contribution in [0.2, 0.25) is 0 Å². The number of hydrogen-bond acceptors (Lipinski definition) is 6. The average molecular weight is 459 g/mol. The topological polar surface area (TPSA) is 73.4 Å². The second kappa shape index (κ2) is 10.5. The number of nitrogens with zero attached hydrogens (tertiary/aromatic N) is 4. The molecule has 168 valence electrons. The van der Waals surface area contributed by atoms with E-state index in [1.54, 1.807) is 24.3 Å². The number of carbonyl (C=O) groups excluding carboxylic acids is 1. The van der Waals surface area contributed by atoms with E-state index in [0.29, 0.717) is 18.7 Å². The van der Waals surface area contributed by atoms with Gasteiger partial charge in [0.2, 0.25) is 5.13 Å². The molecule has 3 aromatic rings. The van der Waals surface area contributed by atoms with Crippen LogP contribution in [-0.2, 0) is 6.42 Å². The van der Waals surface area contributed by atoms with E-state index >= 15 is 0 Å². The van der Waals surface area contributed by atoms with E-state index in [1.165, 1.54) is 35.8 Å². The van der Waals surface area contributed by atoms with E-state index in [1.807, 2.05) is 0 Å². The molecule has 0 atom stereocenters. The Balaban J connectivity index is 1.17. The number of nitrogens with one attached hydrogen (secondary N) is 2. The normalized spacial score (nSPS) is 14.4. The van der Waals surface area contributed by atoms with Crippen LogP contribution in [0.4, 0.5) is 24.4 Å². The summed E-state index contributed by atoms with van der Waals surface area (Å²) in [5, 5.41) is 6.32. The molecule has 0 radical (unpaired) electrons. The number of urea groups is 1. The van der Waals surface area contributed by atoms with Crippen LogP contribution in [0.25, 0.3) is 0 Å². The summed E-state index contributed by atoms with van der Waals surface area (Å²) in [5.41, 5.74) is 1.40. The van der Waals surface area contributed by atoms with E-state index < -0.39 is 5.82 Å². The van der Waals surface area contributed by atoms with E-state index in [0.717, 1.165) is 49.2 Å². The first-order chi connectivity index (χ1) is 15.5. The summed E-state index contributed by atoms with van der Waals surface area (Å²) >= 11 is 1.38. The first-order valence-corrected chi connectivity index (χ1v) is 11.2. The Bertz CT molecular complexity index is 1040. The Morgan fingerprint density at radius 1 is 1.03 bits per heavy atom. The highest BCUT2D eigenvalue weighted by atomic mass is 32.1. The minimum atomic E-state index is -0.390. The van der Waals surface area contributed by atoms with Crippen molar-refractivity contribution >= 4 is 28.4 Å². The van der Waals surface area contributed by atoms with Gasteiger partial charge in [-0.05, 0) is 35.9 Å². The van der Waals surface area contributed by atoms with Gasteiger partial charge in [-0.3, -0.25) is 4.90 Å². The lowest BCUT2D eigenvalue weighted by molar-refractivity contribution is 0.240. The fraction of sp³-hybridized carbons (Fsp3) is 0.318. The minimum absolute atomic E-state index is 0.249. The van der Waals surface area contributed by atoms with Crippen molar-refractivity contribution in [2.75, 3.05) is 49.5 Å². The number of halogens is 2. The van der Waals surface area contributed by atoms with Gasteiger partial charge >= 0.3 is 6.03 Å². The average Bonchev–Trinajstić information content (AvgIpc) is 3.24. The molecule has 0 aliphatic carbocycles. The summed E-state index contributed by atoms with van der Waals surface area (Å²) in [6.45, 7) is 4.62. The third kappa shape index (κ3) is 6.21. The molecule has 1 aliphatic heterocycles. The number of amides is 2. The molecule has 4 rings (SSSR count). The highest BCUT2D eigenvalue weighted by Gasteiger charge is 2.20. The van der Waals surface area contributed by atoms with Crippen LogP contribution in [0.3, 0.4) is 0 Å². The van der Waals surface area contributed by atoms with Gasteiger partial charge in [0.15, 0.2) is 0 Å². The molecule has 0 saturated carbocycles. The largest absolute Gasteiger partial charge is 0.344 e. The maximum Gasteiger partial charge on any atom is 0.319 e. The van der Waals surface area contributed by atoms with Crippen LogP contribution in [0.5, 0.6) is 0 Å². The summed E-state index contributed by atoms with van der Waals surface area (Å²) in [4.78, 5) is 21.1. The summed E-state index contributed by atoms with van der Waals surface area (Å²) in [5.74, 6) is 0.104. The molecule has 2 aromatic carbocycles. The quantitative estimate of drug-likeness (QED) is 0.568. The lowest BCUT2D eigenvalue weighted by Crippen LogP contribution is -2.48. The zero-order valence-electron chi connectivity index (χ0n) is 17.4. The second-order valence-electron chi connectivity index (χ2n) is 7.52. The first kappa shape index (κ1) is 22.1. The van der Waals surface area contributed by atoms with Gasteiger partial charge in [-0.2, -0.15) is 4.37 Å². The molecule has 0 bridgehead atoms. The summed E-state index contributed by atoms with van der Waals surface area (Å²) in [6, 6.07) is 11.8. The first-order valence-electron chi connectivity index (χ1n) is 10.4. The van der Waals surface area contributed by atoms with Crippen LogP contribution in [0.1, 0.15) is 11.4 Å². The number of benzene rings is 2. The van der Waals surface area contributed by atoms with Crippen LogP contribution in [0, 0.1) is 11.6 Å². The van der Waals surface area contributed by atoms with E-state index in [-0.39, 0.29) is 11.8 Å². The molecule has 1 fully saturated rings. The Hall–Kier alpha value is -3.11. The number of anilines is 2. The van der Waals surface area contributed by atoms with Crippen molar-refractivity contribution in [3.63, 3.8) is 0 Å². The lowest BCUT2D eigenvalue weighted by atomic mass is 10.1. The minimum Gasteiger partial charge on any atom is -0.344 e. The van der Waals surface area contributed by atoms with Crippen molar-refractivity contribution in [1.82, 2.24) is 19.6 Å². The maximum absolute atomic E-state index is 13.2. The SMILES string of the molecule is O=C(NCCN1CCN(c2nc(Cc3ccc(F)cc3)ns2)CC1)Nc1cccc(F)c1. The molecular formula is C22H24F2N6OS. The zero-order chi connectivity index (χ0) is 22.3. The highest BCUT2D eigenvalue weighted by molar-refractivity contribution is 7.09. The molecule has 1 aromatic heterocycles. The Morgan fingerprint density at radius 3 is 2.56 bits per heavy atom. The zero-order valence-corrected chi connectivity index (χ0v) is 18.2. The van der Waals surface area contributed by atoms with E-state index in [2.05, 4.69) is 29.8 Å². The van der Waals surface area contributed by atoms with Gasteiger partial charge in [0.25, 0.3) is 0 Å². The molecule has 2 amide bonds. The fourth-order valence-corrected chi connectivity index (χ4v) is 4.20. The predicted molar refractivity (Wildman–Crippen MR) is 121 cm³/mol. The van der Waals surface area contributed by atoms with Gasteiger partial charge in [0, 0.05) is 62.9 Å². The molecule has 32 heavy (non-hydrogen) atoms. The van der Waals surface area contributed by atoms with Gasteiger partial charge < -0.3 is 15.5 Å². The highest BCUT2D eigenvalue weighted by Crippen LogP contribution is 2.20. The molecular weight excluding hydrogens is 434 g/mol. The molecule has 0 unspecified atom stereocenters. The number of carbonyl (C=O) groups is 1. The molecule has 10 heteroatoms. The van der Waals surface area contributed by atoms with Crippen LogP contribution in [-0.4, -0.2) is 59.6 Å². The van der Waals surface area contributed by atoms with Gasteiger partial charge in [-0.25, -0.2) is 18.6 Å². The lowest BCUT2D eigenvalue weighted by Gasteiger charge is -2.34. The number of hydrogen-bond donors (Lipinski definition) is 2. The monoisotopic (exact) mass is 458 g/mol. The fourth-order valence-electron chi connectivity index (χ4n) is 3.46. The summed E-state index contributed by atoms with van der Waals surface area (Å²) < 4.78 is 30.7. The Labute approximate surface area is 189 Å². The van der Waals surface area contributed by atoms with Crippen molar-refractivity contribution in [3.05, 3.63) is 71.6 Å². The predicted octanol–water partition coefficient (Wildman–Crippen LogP) is 3.35. The molecule has 1 aliphatic rings. The molecule has 2 heterocycles. The molecule has 1 saturated heterocycles. The molecule has 0 spiro atoms. The summed E-state index contributed by atoms with van der Waals surface area (Å²) in [7, 11) is 0. The van der Waals surface area contributed by atoms with Crippen molar-refractivity contribution in [2.45, 2.75) is 6.42 Å². The van der Waals surface area contributed by atoms with Crippen LogP contribution in [0.15, 0.2) is 48.5 Å². The van der Waals surface area contributed by atoms with Gasteiger partial charge in [-0.1, -0.05) is 18.2 Å². The van der Waals surface area contributed by atoms with Gasteiger partial charge in [-0.15, -0.1) is 0 Å². The summed E-state index contributed by atoms with van der Waals surface area (Å²) in [6.07, 6.45) is 0.583. The maximum atomic E-state index is 13.2. The van der Waals surface area contributed by atoms with Crippen LogP contribution >= 0.6 is 11.5 Å². The van der Waals surface area contributed by atoms with Crippen molar-refractivity contribution in [2.24, 2.45) is 0 Å². The molecule has 2 N–H and O–H groups in total. The number of piperazine rings is 1. The van der Waals surface area contributed by atoms with Crippen molar-refractivity contribution < 1.29 is 13.6 Å². The van der Waals surface area contributed by atoms with Crippen LogP contribution < -0.4 is 15.5 Å². The van der Waals surface area contributed by atoms with Gasteiger partial charge in [0.05, 0.1) is 0 Å². The Kier molecular flexibility index (Phi) is 7.23. The number of rotatable bonds is 7. The van der Waals surface area contributed by atoms with Gasteiger partial charge in [0.1, 0.15) is 17.5 Å². The van der Waals surface area contributed by atoms with Crippen molar-refractivity contribution in [3.8, 4) is 0 Å². The van der Waals surface area contributed by atoms with E-state index in [9.17, 15) is 13.6 Å². The standard InChI is InChI=1S/C22H24F2N6OS/c23-17-6-4-16(5-7-17)14-20-27-22(32-28-20)30-12-10-29(11-13-30)9-8-25-21(31)26-19-3-1-2-18(24)15-19/h1-7,15H,8-14H2,(H2,25,26,31). The Morgan fingerprint density at radius 2 is 1.81 bits per heavy atom. The third-order valence-electron chi connectivity index (χ3n) is 5.17. The molecule has 7 nitrogen and oxygen atoms in total. The van der Waals surface area contributed by atoms with E-state index in [4.69, 9.17) is 0 Å². The second-order valence-corrected chi connectivity index (χ2v) is 8.25. The third-order valence-corrected chi connectivity index (χ3v) is 5.99. The van der Waals surface area contributed by atoms with Crippen molar-refractivity contribution in [1.29, 1.82) is 0 Å². The number of aromatic nitrogens is 2. The smallest absolute Gasteiger partial charge is 0.319 e.